The van der Waals surface area contributed by atoms with Crippen molar-refractivity contribution < 1.29 is 9.47 Å². The SMILES string of the molecule is COc1ccccc1[C@H]1Nc2ccccc2C(c2ccccc2)(c2ccccc2)O1. The minimum absolute atomic E-state index is 0.378. The van der Waals surface area contributed by atoms with Gasteiger partial charge in [0.2, 0.25) is 0 Å². The van der Waals surface area contributed by atoms with Gasteiger partial charge >= 0.3 is 0 Å². The van der Waals surface area contributed by atoms with Crippen LogP contribution in [0.2, 0.25) is 0 Å². The Balaban J connectivity index is 1.78. The smallest absolute Gasteiger partial charge is 0.159 e. The summed E-state index contributed by atoms with van der Waals surface area (Å²) in [5, 5.41) is 3.58. The second-order valence-electron chi connectivity index (χ2n) is 7.34. The van der Waals surface area contributed by atoms with E-state index in [4.69, 9.17) is 9.47 Å². The molecule has 0 aliphatic carbocycles. The number of para-hydroxylation sites is 2. The van der Waals surface area contributed by atoms with Gasteiger partial charge < -0.3 is 14.8 Å². The number of nitrogens with one attached hydrogen (secondary N) is 1. The maximum Gasteiger partial charge on any atom is 0.159 e. The van der Waals surface area contributed by atoms with Crippen LogP contribution in [0.1, 0.15) is 28.5 Å². The molecule has 1 N–H and O–H groups in total. The highest BCUT2D eigenvalue weighted by Gasteiger charge is 2.45. The van der Waals surface area contributed by atoms with Gasteiger partial charge in [0, 0.05) is 16.8 Å². The topological polar surface area (TPSA) is 30.5 Å². The number of benzene rings is 4. The van der Waals surface area contributed by atoms with Gasteiger partial charge in [-0.25, -0.2) is 0 Å². The zero-order valence-corrected chi connectivity index (χ0v) is 16.8. The van der Waals surface area contributed by atoms with Gasteiger partial charge in [-0.1, -0.05) is 97.1 Å². The molecule has 30 heavy (non-hydrogen) atoms. The zero-order chi connectivity index (χ0) is 20.4. The maximum atomic E-state index is 7.01. The van der Waals surface area contributed by atoms with E-state index in [-0.39, 0.29) is 6.23 Å². The summed E-state index contributed by atoms with van der Waals surface area (Å²) < 4.78 is 12.7. The predicted octanol–water partition coefficient (Wildman–Crippen LogP) is 6.13. The third kappa shape index (κ3) is 2.95. The van der Waals surface area contributed by atoms with Crippen molar-refractivity contribution in [1.29, 1.82) is 0 Å². The number of hydrogen-bond acceptors (Lipinski definition) is 3. The molecule has 1 heterocycles. The Bertz CT molecular complexity index is 1100. The highest BCUT2D eigenvalue weighted by molar-refractivity contribution is 5.64. The fraction of sp³-hybridized carbons (Fsp3) is 0.111. The van der Waals surface area contributed by atoms with Crippen LogP contribution in [-0.2, 0) is 10.3 Å². The molecule has 4 aromatic carbocycles. The van der Waals surface area contributed by atoms with Crippen LogP contribution < -0.4 is 10.1 Å². The van der Waals surface area contributed by atoms with Gasteiger partial charge in [0.1, 0.15) is 11.4 Å². The standard InChI is InChI=1S/C27H23NO2/c1-29-25-19-11-8-16-22(25)26-28-24-18-10-9-17-23(24)27(30-26,20-12-4-2-5-13-20)21-14-6-3-7-15-21/h2-19,26,28H,1H3/t26-/m0/s1. The molecule has 1 aliphatic heterocycles. The molecule has 3 heteroatoms. The van der Waals surface area contributed by atoms with Crippen molar-refractivity contribution in [2.24, 2.45) is 0 Å². The monoisotopic (exact) mass is 393 g/mol. The summed E-state index contributed by atoms with van der Waals surface area (Å²) in [6.07, 6.45) is -0.378. The molecule has 0 saturated carbocycles. The summed E-state index contributed by atoms with van der Waals surface area (Å²) in [6.45, 7) is 0. The minimum atomic E-state index is -0.754. The Kier molecular flexibility index (Phi) is 4.74. The van der Waals surface area contributed by atoms with Crippen LogP contribution in [0.15, 0.2) is 109 Å². The lowest BCUT2D eigenvalue weighted by molar-refractivity contribution is -0.0440. The third-order valence-corrected chi connectivity index (χ3v) is 5.67. The lowest BCUT2D eigenvalue weighted by Gasteiger charge is -2.44. The van der Waals surface area contributed by atoms with E-state index in [2.05, 4.69) is 78.1 Å². The first kappa shape index (κ1) is 18.5. The Morgan fingerprint density at radius 3 is 1.93 bits per heavy atom. The van der Waals surface area contributed by atoms with Gasteiger partial charge in [-0.3, -0.25) is 0 Å². The average molecular weight is 393 g/mol. The fourth-order valence-corrected chi connectivity index (χ4v) is 4.31. The van der Waals surface area contributed by atoms with Crippen molar-refractivity contribution in [3.05, 3.63) is 131 Å². The first-order chi connectivity index (χ1) is 14.8. The summed E-state index contributed by atoms with van der Waals surface area (Å²) in [5.74, 6) is 0.796. The number of rotatable bonds is 4. The van der Waals surface area contributed by atoms with Crippen LogP contribution in [0, 0.1) is 0 Å². The van der Waals surface area contributed by atoms with Gasteiger partial charge in [0.15, 0.2) is 6.23 Å². The maximum absolute atomic E-state index is 7.01. The van der Waals surface area contributed by atoms with Gasteiger partial charge in [-0.2, -0.15) is 0 Å². The van der Waals surface area contributed by atoms with E-state index in [1.807, 2.05) is 36.4 Å². The predicted molar refractivity (Wildman–Crippen MR) is 120 cm³/mol. The summed E-state index contributed by atoms with van der Waals surface area (Å²) in [6, 6.07) is 37.2. The normalized spacial score (nSPS) is 16.9. The Morgan fingerprint density at radius 1 is 0.700 bits per heavy atom. The fourth-order valence-electron chi connectivity index (χ4n) is 4.31. The van der Waals surface area contributed by atoms with Crippen LogP contribution in [0.3, 0.4) is 0 Å². The highest BCUT2D eigenvalue weighted by atomic mass is 16.5. The second kappa shape index (κ2) is 7.69. The van der Waals surface area contributed by atoms with Gasteiger partial charge in [-0.05, 0) is 23.3 Å². The molecule has 5 rings (SSSR count). The molecule has 0 aromatic heterocycles. The molecule has 4 aromatic rings. The molecular weight excluding hydrogens is 370 g/mol. The number of anilines is 1. The number of ether oxygens (including phenoxy) is 2. The van der Waals surface area contributed by atoms with Crippen LogP contribution in [0.5, 0.6) is 5.75 Å². The molecule has 3 nitrogen and oxygen atoms in total. The third-order valence-electron chi connectivity index (χ3n) is 5.67. The molecule has 1 aliphatic rings. The van der Waals surface area contributed by atoms with E-state index in [1.165, 1.54) is 0 Å². The minimum Gasteiger partial charge on any atom is -0.496 e. The number of hydrogen-bond donors (Lipinski definition) is 1. The summed E-state index contributed by atoms with van der Waals surface area (Å²) in [7, 11) is 1.69. The molecule has 0 bridgehead atoms. The average Bonchev–Trinajstić information content (AvgIpc) is 2.84. The van der Waals surface area contributed by atoms with E-state index < -0.39 is 5.60 Å². The molecule has 0 spiro atoms. The van der Waals surface area contributed by atoms with Crippen molar-refractivity contribution >= 4 is 5.69 Å². The van der Waals surface area contributed by atoms with Crippen LogP contribution in [-0.4, -0.2) is 7.11 Å². The highest BCUT2D eigenvalue weighted by Crippen LogP contribution is 2.50. The van der Waals surface area contributed by atoms with Crippen molar-refractivity contribution in [2.45, 2.75) is 11.8 Å². The number of fused-ring (bicyclic) bond motifs is 1. The molecule has 1 atom stereocenters. The summed E-state index contributed by atoms with van der Waals surface area (Å²) in [5.41, 5.74) is 4.53. The van der Waals surface area contributed by atoms with E-state index in [0.717, 1.165) is 33.7 Å². The molecule has 0 amide bonds. The van der Waals surface area contributed by atoms with Crippen molar-refractivity contribution in [3.8, 4) is 5.75 Å². The molecule has 0 radical (unpaired) electrons. The first-order valence-corrected chi connectivity index (χ1v) is 10.1. The number of methoxy groups -OCH3 is 1. The van der Waals surface area contributed by atoms with Crippen LogP contribution >= 0.6 is 0 Å². The molecule has 0 fully saturated rings. The van der Waals surface area contributed by atoms with E-state index in [1.54, 1.807) is 7.11 Å². The second-order valence-corrected chi connectivity index (χ2v) is 7.34. The molecule has 0 saturated heterocycles. The van der Waals surface area contributed by atoms with E-state index in [0.29, 0.717) is 0 Å². The molecule has 148 valence electrons. The molecular formula is C27H23NO2. The van der Waals surface area contributed by atoms with Crippen LogP contribution in [0.4, 0.5) is 5.69 Å². The quantitative estimate of drug-likeness (QED) is 0.452. The van der Waals surface area contributed by atoms with Gasteiger partial charge in [0.25, 0.3) is 0 Å². The first-order valence-electron chi connectivity index (χ1n) is 10.1. The van der Waals surface area contributed by atoms with E-state index >= 15 is 0 Å². The largest absolute Gasteiger partial charge is 0.496 e. The molecule has 0 unspecified atom stereocenters. The van der Waals surface area contributed by atoms with E-state index in [9.17, 15) is 0 Å². The Hall–Kier alpha value is -3.56. The van der Waals surface area contributed by atoms with Crippen molar-refractivity contribution in [1.82, 2.24) is 0 Å². The Morgan fingerprint density at radius 2 is 1.27 bits per heavy atom. The zero-order valence-electron chi connectivity index (χ0n) is 16.8. The Labute approximate surface area is 176 Å². The van der Waals surface area contributed by atoms with Gasteiger partial charge in [-0.15, -0.1) is 0 Å². The van der Waals surface area contributed by atoms with Crippen molar-refractivity contribution in [2.75, 3.05) is 12.4 Å². The summed E-state index contributed by atoms with van der Waals surface area (Å²) >= 11 is 0. The van der Waals surface area contributed by atoms with Gasteiger partial charge in [0.05, 0.1) is 7.11 Å². The van der Waals surface area contributed by atoms with Crippen molar-refractivity contribution in [3.63, 3.8) is 0 Å². The lowest BCUT2D eigenvalue weighted by atomic mass is 9.78. The van der Waals surface area contributed by atoms with Crippen LogP contribution in [0.25, 0.3) is 0 Å². The summed E-state index contributed by atoms with van der Waals surface area (Å²) in [4.78, 5) is 0. The lowest BCUT2D eigenvalue weighted by Crippen LogP contribution is -2.40.